The second kappa shape index (κ2) is 8.49. The second-order valence-electron chi connectivity index (χ2n) is 7.01. The van der Waals surface area contributed by atoms with Crippen LogP contribution in [0.25, 0.3) is 0 Å². The van der Waals surface area contributed by atoms with E-state index in [1.54, 1.807) is 0 Å². The summed E-state index contributed by atoms with van der Waals surface area (Å²) in [6.07, 6.45) is 0. The van der Waals surface area contributed by atoms with E-state index in [1.807, 2.05) is 30.0 Å². The highest BCUT2D eigenvalue weighted by molar-refractivity contribution is 5.97. The van der Waals surface area contributed by atoms with Crippen molar-refractivity contribution in [2.75, 3.05) is 44.6 Å². The summed E-state index contributed by atoms with van der Waals surface area (Å²) >= 11 is 0. The minimum atomic E-state index is 0.108. The number of piperazine rings is 1. The molecule has 1 aliphatic rings. The van der Waals surface area contributed by atoms with Crippen LogP contribution < -0.4 is 5.32 Å². The molecule has 1 fully saturated rings. The largest absolute Gasteiger partial charge is 0.395 e. The van der Waals surface area contributed by atoms with Gasteiger partial charge in [-0.15, -0.1) is 0 Å². The average Bonchev–Trinajstić information content (AvgIpc) is 2.57. The summed E-state index contributed by atoms with van der Waals surface area (Å²) in [5.74, 6) is 0.639. The maximum atomic E-state index is 12.9. The Balaban J connectivity index is 2.07. The zero-order valence-electron chi connectivity index (χ0n) is 15.4. The molecule has 2 rings (SSSR count). The molecule has 0 radical (unpaired) electrons. The number of aliphatic hydroxyl groups is 1. The zero-order chi connectivity index (χ0) is 17.7. The number of hydrogen-bond donors (Lipinski definition) is 2. The molecule has 1 heterocycles. The first kappa shape index (κ1) is 18.7. The molecule has 1 atom stereocenters. The lowest BCUT2D eigenvalue weighted by Crippen LogP contribution is -2.49. The lowest BCUT2D eigenvalue weighted by atomic mass is 10.0. The van der Waals surface area contributed by atoms with Crippen LogP contribution in [0.1, 0.15) is 36.7 Å². The van der Waals surface area contributed by atoms with Gasteiger partial charge in [-0.25, -0.2) is 0 Å². The standard InChI is InChI=1S/C19H31N3O2/c1-14(2)16(4)20-18-7-5-6-17(15(18)3)19(24)22-10-8-21(9-11-22)12-13-23/h5-7,14,16,20,23H,8-13H2,1-4H3. The Kier molecular flexibility index (Phi) is 6.63. The predicted molar refractivity (Wildman–Crippen MR) is 98.5 cm³/mol. The quantitative estimate of drug-likeness (QED) is 0.838. The predicted octanol–water partition coefficient (Wildman–Crippen LogP) is 2.20. The van der Waals surface area contributed by atoms with Gasteiger partial charge in [-0.1, -0.05) is 19.9 Å². The molecule has 0 saturated carbocycles. The molecule has 1 saturated heterocycles. The molecule has 1 aromatic carbocycles. The fraction of sp³-hybridized carbons (Fsp3) is 0.632. The number of amides is 1. The highest BCUT2D eigenvalue weighted by Crippen LogP contribution is 2.23. The van der Waals surface area contributed by atoms with Crippen LogP contribution >= 0.6 is 0 Å². The van der Waals surface area contributed by atoms with Gasteiger partial charge in [-0.3, -0.25) is 9.69 Å². The number of β-amino-alcohol motifs (C(OH)–C–C–N with tert-alkyl or cyclic N) is 1. The van der Waals surface area contributed by atoms with Gasteiger partial charge in [0.1, 0.15) is 0 Å². The zero-order valence-corrected chi connectivity index (χ0v) is 15.4. The Bertz CT molecular complexity index is 552. The van der Waals surface area contributed by atoms with Crippen molar-refractivity contribution < 1.29 is 9.90 Å². The third kappa shape index (κ3) is 4.48. The normalized spacial score (nSPS) is 17.2. The Morgan fingerprint density at radius 2 is 1.88 bits per heavy atom. The summed E-state index contributed by atoms with van der Waals surface area (Å²) < 4.78 is 0. The first-order valence-electron chi connectivity index (χ1n) is 8.92. The van der Waals surface area contributed by atoms with Gasteiger partial charge in [-0.2, -0.15) is 0 Å². The molecular weight excluding hydrogens is 302 g/mol. The summed E-state index contributed by atoms with van der Waals surface area (Å²) in [6, 6.07) is 6.28. The first-order valence-corrected chi connectivity index (χ1v) is 8.92. The van der Waals surface area contributed by atoms with E-state index in [0.717, 1.165) is 43.0 Å². The van der Waals surface area contributed by atoms with Gasteiger partial charge in [0.2, 0.25) is 0 Å². The molecule has 0 aliphatic carbocycles. The molecule has 1 aromatic rings. The van der Waals surface area contributed by atoms with Crippen LogP contribution in [0.4, 0.5) is 5.69 Å². The third-order valence-corrected chi connectivity index (χ3v) is 5.02. The third-order valence-electron chi connectivity index (χ3n) is 5.02. The second-order valence-corrected chi connectivity index (χ2v) is 7.01. The van der Waals surface area contributed by atoms with E-state index >= 15 is 0 Å². The maximum Gasteiger partial charge on any atom is 0.254 e. The number of rotatable bonds is 6. The first-order chi connectivity index (χ1) is 11.4. The highest BCUT2D eigenvalue weighted by atomic mass is 16.3. The molecule has 1 unspecified atom stereocenters. The van der Waals surface area contributed by atoms with E-state index in [1.165, 1.54) is 0 Å². The molecule has 134 valence electrons. The lowest BCUT2D eigenvalue weighted by molar-refractivity contribution is 0.0614. The molecule has 0 spiro atoms. The summed E-state index contributed by atoms with van der Waals surface area (Å²) in [7, 11) is 0. The van der Waals surface area contributed by atoms with E-state index < -0.39 is 0 Å². The molecule has 1 aliphatic heterocycles. The van der Waals surface area contributed by atoms with Crippen LogP contribution in [-0.4, -0.2) is 66.2 Å². The number of hydrogen-bond acceptors (Lipinski definition) is 4. The average molecular weight is 333 g/mol. The van der Waals surface area contributed by atoms with E-state index in [2.05, 4.69) is 31.0 Å². The number of nitrogens with zero attached hydrogens (tertiary/aromatic N) is 2. The van der Waals surface area contributed by atoms with Crippen molar-refractivity contribution in [1.82, 2.24) is 9.80 Å². The van der Waals surface area contributed by atoms with E-state index in [-0.39, 0.29) is 12.5 Å². The van der Waals surface area contributed by atoms with Crippen LogP contribution in [0.2, 0.25) is 0 Å². The van der Waals surface area contributed by atoms with Crippen molar-refractivity contribution >= 4 is 11.6 Å². The topological polar surface area (TPSA) is 55.8 Å². The van der Waals surface area contributed by atoms with Crippen LogP contribution in [-0.2, 0) is 0 Å². The fourth-order valence-electron chi connectivity index (χ4n) is 2.92. The molecule has 24 heavy (non-hydrogen) atoms. The number of aliphatic hydroxyl groups excluding tert-OH is 1. The van der Waals surface area contributed by atoms with Gasteiger partial charge in [0, 0.05) is 50.0 Å². The lowest BCUT2D eigenvalue weighted by Gasteiger charge is -2.34. The van der Waals surface area contributed by atoms with E-state index in [4.69, 9.17) is 5.11 Å². The summed E-state index contributed by atoms with van der Waals surface area (Å²) in [4.78, 5) is 17.0. The smallest absolute Gasteiger partial charge is 0.254 e. The van der Waals surface area contributed by atoms with Gasteiger partial charge in [0.05, 0.1) is 6.61 Å². The van der Waals surface area contributed by atoms with Gasteiger partial charge in [0.25, 0.3) is 5.91 Å². The molecule has 0 aromatic heterocycles. The molecular formula is C19H31N3O2. The van der Waals surface area contributed by atoms with E-state index in [0.29, 0.717) is 18.5 Å². The van der Waals surface area contributed by atoms with Gasteiger partial charge in [0.15, 0.2) is 0 Å². The Hall–Kier alpha value is -1.59. The summed E-state index contributed by atoms with van der Waals surface area (Å²) in [5, 5.41) is 12.5. The van der Waals surface area contributed by atoms with Gasteiger partial charge >= 0.3 is 0 Å². The van der Waals surface area contributed by atoms with Crippen molar-refractivity contribution in [1.29, 1.82) is 0 Å². The summed E-state index contributed by atoms with van der Waals surface area (Å²) in [6.45, 7) is 12.5. The van der Waals surface area contributed by atoms with Crippen LogP contribution in [0.5, 0.6) is 0 Å². The van der Waals surface area contributed by atoms with Crippen molar-refractivity contribution in [3.63, 3.8) is 0 Å². The monoisotopic (exact) mass is 333 g/mol. The van der Waals surface area contributed by atoms with Crippen LogP contribution in [0, 0.1) is 12.8 Å². The molecule has 5 nitrogen and oxygen atoms in total. The molecule has 2 N–H and O–H groups in total. The number of carbonyl (C=O) groups excluding carboxylic acids is 1. The van der Waals surface area contributed by atoms with Crippen LogP contribution in [0.3, 0.4) is 0 Å². The minimum absolute atomic E-state index is 0.108. The molecule has 5 heteroatoms. The van der Waals surface area contributed by atoms with Crippen molar-refractivity contribution in [2.24, 2.45) is 5.92 Å². The van der Waals surface area contributed by atoms with Gasteiger partial charge in [-0.05, 0) is 37.5 Å². The molecule has 0 bridgehead atoms. The minimum Gasteiger partial charge on any atom is -0.395 e. The Morgan fingerprint density at radius 1 is 1.21 bits per heavy atom. The van der Waals surface area contributed by atoms with Crippen molar-refractivity contribution in [2.45, 2.75) is 33.7 Å². The number of carbonyl (C=O) groups is 1. The maximum absolute atomic E-state index is 12.9. The highest BCUT2D eigenvalue weighted by Gasteiger charge is 2.23. The van der Waals surface area contributed by atoms with Crippen LogP contribution in [0.15, 0.2) is 18.2 Å². The van der Waals surface area contributed by atoms with Crippen molar-refractivity contribution in [3.05, 3.63) is 29.3 Å². The Labute approximate surface area is 145 Å². The number of anilines is 1. The Morgan fingerprint density at radius 3 is 2.46 bits per heavy atom. The van der Waals surface area contributed by atoms with E-state index in [9.17, 15) is 4.79 Å². The number of nitrogens with one attached hydrogen (secondary N) is 1. The SMILES string of the molecule is Cc1c(NC(C)C(C)C)cccc1C(=O)N1CCN(CCO)CC1. The molecule has 1 amide bonds. The fourth-order valence-corrected chi connectivity index (χ4v) is 2.92. The number of benzene rings is 1. The van der Waals surface area contributed by atoms with Crippen molar-refractivity contribution in [3.8, 4) is 0 Å². The summed E-state index contributed by atoms with van der Waals surface area (Å²) in [5.41, 5.74) is 2.85. The van der Waals surface area contributed by atoms with Gasteiger partial charge < -0.3 is 15.3 Å².